The highest BCUT2D eigenvalue weighted by Crippen LogP contribution is 2.29. The molecule has 0 heterocycles. The van der Waals surface area contributed by atoms with E-state index >= 15 is 0 Å². The number of halogens is 2. The maximum Gasteiger partial charge on any atom is 0.0648 e. The molecule has 0 saturated heterocycles. The second-order valence-corrected chi connectivity index (χ2v) is 5.02. The topological polar surface area (TPSA) is 38.0 Å². The lowest BCUT2D eigenvalue weighted by Crippen LogP contribution is -2.44. The van der Waals surface area contributed by atoms with Crippen molar-refractivity contribution in [3.8, 4) is 0 Å². The average molecular weight is 276 g/mol. The maximum absolute atomic E-state index is 6.07. The van der Waals surface area contributed by atoms with Crippen LogP contribution in [0, 0.1) is 0 Å². The molecular weight excluding hydrogens is 263 g/mol. The predicted octanol–water partition coefficient (Wildman–Crippen LogP) is 3.00. The molecule has 4 heteroatoms. The minimum absolute atomic E-state index is 0.363. The van der Waals surface area contributed by atoms with Gasteiger partial charge in [-0.05, 0) is 31.0 Å². The van der Waals surface area contributed by atoms with Crippen LogP contribution in [-0.2, 0) is 0 Å². The van der Waals surface area contributed by atoms with Gasteiger partial charge >= 0.3 is 0 Å². The second-order valence-electron chi connectivity index (χ2n) is 3.70. The smallest absolute Gasteiger partial charge is 0.0648 e. The van der Waals surface area contributed by atoms with Crippen LogP contribution in [0.4, 0.5) is 5.69 Å². The monoisotopic (exact) mass is 274 g/mol. The third-order valence-electron chi connectivity index (χ3n) is 2.47. The molecule has 0 unspecified atom stereocenters. The Morgan fingerprint density at radius 3 is 2.71 bits per heavy atom. The lowest BCUT2D eigenvalue weighted by Gasteiger charge is -2.34. The summed E-state index contributed by atoms with van der Waals surface area (Å²) >= 11 is 9.44. The summed E-state index contributed by atoms with van der Waals surface area (Å²) in [4.78, 5) is 0. The zero-order valence-corrected chi connectivity index (χ0v) is 9.98. The summed E-state index contributed by atoms with van der Waals surface area (Å²) in [6.45, 7) is 0. The zero-order chi connectivity index (χ0) is 10.1. The Hall–Kier alpha value is -0.250. The Morgan fingerprint density at radius 2 is 2.14 bits per heavy atom. The van der Waals surface area contributed by atoms with Crippen LogP contribution < -0.4 is 11.1 Å². The van der Waals surface area contributed by atoms with Crippen molar-refractivity contribution >= 4 is 33.2 Å². The van der Waals surface area contributed by atoms with Crippen molar-refractivity contribution in [1.29, 1.82) is 0 Å². The molecular formula is C10H12BrClN2. The molecule has 0 aliphatic heterocycles. The van der Waals surface area contributed by atoms with E-state index in [9.17, 15) is 0 Å². The number of rotatable bonds is 2. The minimum atomic E-state index is 0.363. The minimum Gasteiger partial charge on any atom is -0.381 e. The highest BCUT2D eigenvalue weighted by molar-refractivity contribution is 9.10. The van der Waals surface area contributed by atoms with E-state index in [1.54, 1.807) is 0 Å². The van der Waals surface area contributed by atoms with Gasteiger partial charge in [-0.1, -0.05) is 27.5 Å². The van der Waals surface area contributed by atoms with E-state index in [1.165, 1.54) is 0 Å². The first-order chi connectivity index (χ1) is 6.65. The van der Waals surface area contributed by atoms with E-state index in [0.29, 0.717) is 12.1 Å². The summed E-state index contributed by atoms with van der Waals surface area (Å²) in [5, 5.41) is 4.12. The molecule has 76 valence electrons. The van der Waals surface area contributed by atoms with Gasteiger partial charge in [0.05, 0.1) is 10.7 Å². The van der Waals surface area contributed by atoms with E-state index < -0.39 is 0 Å². The lowest BCUT2D eigenvalue weighted by molar-refractivity contribution is 0.374. The van der Waals surface area contributed by atoms with Gasteiger partial charge < -0.3 is 11.1 Å². The molecule has 1 aromatic carbocycles. The van der Waals surface area contributed by atoms with Gasteiger partial charge in [-0.15, -0.1) is 0 Å². The summed E-state index contributed by atoms with van der Waals surface area (Å²) < 4.78 is 0.998. The van der Waals surface area contributed by atoms with Gasteiger partial charge in [-0.2, -0.15) is 0 Å². The molecule has 1 aliphatic rings. The van der Waals surface area contributed by atoms with Crippen LogP contribution in [-0.4, -0.2) is 12.1 Å². The molecule has 1 aromatic rings. The van der Waals surface area contributed by atoms with Crippen molar-refractivity contribution in [1.82, 2.24) is 0 Å². The van der Waals surface area contributed by atoms with E-state index in [2.05, 4.69) is 21.2 Å². The first-order valence-corrected chi connectivity index (χ1v) is 5.79. The first kappa shape index (κ1) is 10.3. The van der Waals surface area contributed by atoms with Gasteiger partial charge in [0, 0.05) is 16.6 Å². The molecule has 1 fully saturated rings. The summed E-state index contributed by atoms with van der Waals surface area (Å²) in [5.41, 5.74) is 6.70. The predicted molar refractivity (Wildman–Crippen MR) is 63.8 cm³/mol. The zero-order valence-electron chi connectivity index (χ0n) is 7.63. The molecule has 14 heavy (non-hydrogen) atoms. The van der Waals surface area contributed by atoms with Gasteiger partial charge in [0.25, 0.3) is 0 Å². The van der Waals surface area contributed by atoms with Crippen LogP contribution in [0.1, 0.15) is 12.8 Å². The lowest BCUT2D eigenvalue weighted by atomic mass is 9.87. The van der Waals surface area contributed by atoms with Crippen LogP contribution in [0.5, 0.6) is 0 Å². The van der Waals surface area contributed by atoms with Crippen LogP contribution >= 0.6 is 27.5 Å². The van der Waals surface area contributed by atoms with Crippen molar-refractivity contribution in [3.05, 3.63) is 27.7 Å². The number of hydrogen-bond acceptors (Lipinski definition) is 2. The highest BCUT2D eigenvalue weighted by atomic mass is 79.9. The molecule has 0 spiro atoms. The Labute approximate surface area is 96.9 Å². The van der Waals surface area contributed by atoms with Crippen LogP contribution in [0.15, 0.2) is 22.7 Å². The van der Waals surface area contributed by atoms with Gasteiger partial charge in [0.1, 0.15) is 0 Å². The summed E-state index contributed by atoms with van der Waals surface area (Å²) in [5.74, 6) is 0. The summed E-state index contributed by atoms with van der Waals surface area (Å²) in [6.07, 6.45) is 2.07. The van der Waals surface area contributed by atoms with Crippen molar-refractivity contribution in [3.63, 3.8) is 0 Å². The molecule has 3 N–H and O–H groups in total. The first-order valence-electron chi connectivity index (χ1n) is 4.62. The Bertz CT molecular complexity index is 337. The molecule has 0 amide bonds. The molecule has 1 aliphatic carbocycles. The third kappa shape index (κ3) is 2.22. The molecule has 0 bridgehead atoms. The number of benzene rings is 1. The number of nitrogens with one attached hydrogen (secondary N) is 1. The molecule has 0 radical (unpaired) electrons. The van der Waals surface area contributed by atoms with Crippen LogP contribution in [0.25, 0.3) is 0 Å². The fourth-order valence-corrected chi connectivity index (χ4v) is 2.33. The standard InChI is InChI=1S/C10H12BrClN2/c11-6-1-2-10(9(12)3-6)14-8-4-7(13)5-8/h1-3,7-8,14H,4-5,13H2. The molecule has 0 aromatic heterocycles. The van der Waals surface area contributed by atoms with Gasteiger partial charge in [0.15, 0.2) is 0 Å². The van der Waals surface area contributed by atoms with E-state index in [1.807, 2.05) is 18.2 Å². The van der Waals surface area contributed by atoms with Crippen LogP contribution in [0.3, 0.4) is 0 Å². The normalized spacial score (nSPS) is 25.6. The maximum atomic E-state index is 6.07. The van der Waals surface area contributed by atoms with Crippen molar-refractivity contribution in [2.45, 2.75) is 24.9 Å². The molecule has 1 saturated carbocycles. The number of anilines is 1. The SMILES string of the molecule is NC1CC(Nc2ccc(Br)cc2Cl)C1. The number of hydrogen-bond donors (Lipinski definition) is 2. The van der Waals surface area contributed by atoms with E-state index in [0.717, 1.165) is 28.0 Å². The van der Waals surface area contributed by atoms with Gasteiger partial charge in [-0.25, -0.2) is 0 Å². The van der Waals surface area contributed by atoms with Crippen molar-refractivity contribution in [2.24, 2.45) is 5.73 Å². The Kier molecular flexibility index (Phi) is 3.00. The highest BCUT2D eigenvalue weighted by Gasteiger charge is 2.25. The Morgan fingerprint density at radius 1 is 1.43 bits per heavy atom. The third-order valence-corrected chi connectivity index (χ3v) is 3.27. The number of nitrogens with two attached hydrogens (primary N) is 1. The average Bonchev–Trinajstić information content (AvgIpc) is 2.06. The largest absolute Gasteiger partial charge is 0.381 e. The van der Waals surface area contributed by atoms with Gasteiger partial charge in [-0.3, -0.25) is 0 Å². The second kappa shape index (κ2) is 4.09. The molecule has 0 atom stereocenters. The van der Waals surface area contributed by atoms with E-state index in [-0.39, 0.29) is 0 Å². The summed E-state index contributed by atoms with van der Waals surface area (Å²) in [7, 11) is 0. The molecule has 2 rings (SSSR count). The molecule has 2 nitrogen and oxygen atoms in total. The van der Waals surface area contributed by atoms with Crippen LogP contribution in [0.2, 0.25) is 5.02 Å². The fraction of sp³-hybridized carbons (Fsp3) is 0.400. The van der Waals surface area contributed by atoms with Crippen molar-refractivity contribution < 1.29 is 0 Å². The quantitative estimate of drug-likeness (QED) is 0.871. The van der Waals surface area contributed by atoms with E-state index in [4.69, 9.17) is 17.3 Å². The van der Waals surface area contributed by atoms with Crippen molar-refractivity contribution in [2.75, 3.05) is 5.32 Å². The Balaban J connectivity index is 2.02. The summed E-state index contributed by atoms with van der Waals surface area (Å²) in [6, 6.07) is 6.70. The fourth-order valence-electron chi connectivity index (χ4n) is 1.61. The van der Waals surface area contributed by atoms with Gasteiger partial charge in [0.2, 0.25) is 0 Å².